The summed E-state index contributed by atoms with van der Waals surface area (Å²) in [6, 6.07) is 18.4. The molecule has 2 heterocycles. The first-order valence-electron chi connectivity index (χ1n) is 11.4. The standard InChI is InChI=1S/C27H18Cl2N4O3/c1-2-21-22(19-11-10-15(28)13-20(19)29)27-30-24-17-8-3-4-9-18(17)26(34)23(24)25(32(27)31-21)14-6-5-7-16(12-14)33(35)36/h3-13,25,30H,2H2,1H3. The number of benzene rings is 3. The second-order valence-electron chi connectivity index (χ2n) is 8.64. The van der Waals surface area contributed by atoms with Crippen LogP contribution in [0.5, 0.6) is 0 Å². The number of hydrogen-bond donors (Lipinski definition) is 1. The number of nitro groups is 1. The third-order valence-corrected chi connectivity index (χ3v) is 7.18. The molecule has 0 fully saturated rings. The summed E-state index contributed by atoms with van der Waals surface area (Å²) in [5.41, 5.74) is 5.42. The number of hydrogen-bond acceptors (Lipinski definition) is 5. The summed E-state index contributed by atoms with van der Waals surface area (Å²) in [5, 5.41) is 21.0. The number of anilines is 1. The number of ketones is 1. The highest BCUT2D eigenvalue weighted by Gasteiger charge is 2.42. The summed E-state index contributed by atoms with van der Waals surface area (Å²) in [6.45, 7) is 1.99. The van der Waals surface area contributed by atoms with Gasteiger partial charge in [0.15, 0.2) is 5.78 Å². The molecule has 2 aliphatic rings. The molecule has 1 aromatic heterocycles. The lowest BCUT2D eigenvalue weighted by Crippen LogP contribution is -2.25. The molecule has 3 aromatic carbocycles. The first-order valence-corrected chi connectivity index (χ1v) is 12.1. The number of nitro benzene ring substituents is 1. The van der Waals surface area contributed by atoms with E-state index in [0.717, 1.165) is 22.4 Å². The molecule has 6 rings (SSSR count). The fourth-order valence-corrected chi connectivity index (χ4v) is 5.57. The topological polar surface area (TPSA) is 90.1 Å². The van der Waals surface area contributed by atoms with Crippen LogP contribution in [0, 0.1) is 10.1 Å². The predicted octanol–water partition coefficient (Wildman–Crippen LogP) is 6.95. The van der Waals surface area contributed by atoms with Crippen molar-refractivity contribution in [1.82, 2.24) is 9.78 Å². The highest BCUT2D eigenvalue weighted by atomic mass is 35.5. The molecular weight excluding hydrogens is 499 g/mol. The summed E-state index contributed by atoms with van der Waals surface area (Å²) >= 11 is 12.8. The van der Waals surface area contributed by atoms with Crippen LogP contribution in [0.1, 0.15) is 40.1 Å². The summed E-state index contributed by atoms with van der Waals surface area (Å²) < 4.78 is 1.75. The van der Waals surface area contributed by atoms with E-state index in [0.29, 0.717) is 44.7 Å². The molecule has 178 valence electrons. The van der Waals surface area contributed by atoms with Gasteiger partial charge in [0.1, 0.15) is 11.9 Å². The molecule has 0 saturated carbocycles. The van der Waals surface area contributed by atoms with Gasteiger partial charge in [-0.25, -0.2) is 4.68 Å². The van der Waals surface area contributed by atoms with E-state index >= 15 is 0 Å². The molecule has 1 aliphatic carbocycles. The number of halogens is 2. The average Bonchev–Trinajstić information content (AvgIpc) is 3.38. The minimum absolute atomic E-state index is 0.0541. The zero-order chi connectivity index (χ0) is 25.1. The Morgan fingerprint density at radius 2 is 1.81 bits per heavy atom. The lowest BCUT2D eigenvalue weighted by Gasteiger charge is -2.28. The predicted molar refractivity (Wildman–Crippen MR) is 140 cm³/mol. The molecule has 4 aromatic rings. The number of nitrogens with zero attached hydrogens (tertiary/aromatic N) is 3. The van der Waals surface area contributed by atoms with Crippen molar-refractivity contribution in [1.29, 1.82) is 0 Å². The molecule has 1 aliphatic heterocycles. The maximum Gasteiger partial charge on any atom is 0.269 e. The van der Waals surface area contributed by atoms with E-state index in [4.69, 9.17) is 28.3 Å². The number of aryl methyl sites for hydroxylation is 1. The van der Waals surface area contributed by atoms with Crippen LogP contribution >= 0.6 is 23.2 Å². The number of nitrogens with one attached hydrogen (secondary N) is 1. The second-order valence-corrected chi connectivity index (χ2v) is 9.48. The van der Waals surface area contributed by atoms with Gasteiger partial charge in [-0.15, -0.1) is 0 Å². The number of rotatable bonds is 4. The molecule has 0 saturated heterocycles. The largest absolute Gasteiger partial charge is 0.339 e. The van der Waals surface area contributed by atoms with Crippen molar-refractivity contribution in [2.75, 3.05) is 5.32 Å². The molecule has 36 heavy (non-hydrogen) atoms. The molecule has 0 bridgehead atoms. The van der Waals surface area contributed by atoms with Crippen LogP contribution in [0.15, 0.2) is 72.3 Å². The normalized spacial score (nSPS) is 15.9. The van der Waals surface area contributed by atoms with E-state index in [9.17, 15) is 14.9 Å². The second kappa shape index (κ2) is 8.33. The Morgan fingerprint density at radius 3 is 2.53 bits per heavy atom. The van der Waals surface area contributed by atoms with Crippen molar-refractivity contribution >= 4 is 46.2 Å². The smallest absolute Gasteiger partial charge is 0.269 e. The zero-order valence-corrected chi connectivity index (χ0v) is 20.5. The van der Waals surface area contributed by atoms with Crippen LogP contribution in [0.25, 0.3) is 16.8 Å². The van der Waals surface area contributed by atoms with Gasteiger partial charge in [0.25, 0.3) is 5.69 Å². The van der Waals surface area contributed by atoms with E-state index in [2.05, 4.69) is 5.32 Å². The molecule has 0 amide bonds. The van der Waals surface area contributed by atoms with Crippen LogP contribution in [-0.4, -0.2) is 20.5 Å². The summed E-state index contributed by atoms with van der Waals surface area (Å²) in [6.07, 6.45) is 0.604. The number of fused-ring (bicyclic) bond motifs is 3. The van der Waals surface area contributed by atoms with Crippen LogP contribution in [-0.2, 0) is 6.42 Å². The van der Waals surface area contributed by atoms with Crippen molar-refractivity contribution in [2.45, 2.75) is 19.4 Å². The monoisotopic (exact) mass is 516 g/mol. The maximum absolute atomic E-state index is 13.7. The molecule has 0 radical (unpaired) electrons. The Morgan fingerprint density at radius 1 is 1.03 bits per heavy atom. The SMILES string of the molecule is CCc1nn2c(c1-c1ccc(Cl)cc1Cl)NC1=C(C(=O)c3ccccc31)C2c1cccc([N+](=O)[O-])c1. The van der Waals surface area contributed by atoms with Gasteiger partial charge < -0.3 is 5.32 Å². The third kappa shape index (κ3) is 3.27. The Kier molecular flexibility index (Phi) is 5.21. The summed E-state index contributed by atoms with van der Waals surface area (Å²) in [5.74, 6) is 0.533. The van der Waals surface area contributed by atoms with Gasteiger partial charge in [-0.05, 0) is 24.1 Å². The fraction of sp³-hybridized carbons (Fsp3) is 0.111. The first-order chi connectivity index (χ1) is 17.4. The van der Waals surface area contributed by atoms with E-state index < -0.39 is 11.0 Å². The molecule has 9 heteroatoms. The minimum atomic E-state index is -0.666. The Balaban J connectivity index is 1.65. The van der Waals surface area contributed by atoms with Crippen molar-refractivity contribution in [3.8, 4) is 11.1 Å². The van der Waals surface area contributed by atoms with Crippen LogP contribution < -0.4 is 5.32 Å². The quantitative estimate of drug-likeness (QED) is 0.234. The lowest BCUT2D eigenvalue weighted by atomic mass is 9.93. The van der Waals surface area contributed by atoms with Crippen molar-refractivity contribution < 1.29 is 9.72 Å². The van der Waals surface area contributed by atoms with Gasteiger partial charge in [0, 0.05) is 39.4 Å². The number of carbonyl (C=O) groups excluding carboxylic acids is 1. The van der Waals surface area contributed by atoms with Crippen molar-refractivity contribution in [3.05, 3.63) is 115 Å². The van der Waals surface area contributed by atoms with Crippen LogP contribution in [0.2, 0.25) is 10.0 Å². The van der Waals surface area contributed by atoms with Crippen molar-refractivity contribution in [3.63, 3.8) is 0 Å². The maximum atomic E-state index is 13.7. The Labute approximate surface area is 216 Å². The molecule has 1 unspecified atom stereocenters. The number of carbonyl (C=O) groups is 1. The van der Waals surface area contributed by atoms with Gasteiger partial charge >= 0.3 is 0 Å². The van der Waals surface area contributed by atoms with E-state index in [-0.39, 0.29) is 11.5 Å². The summed E-state index contributed by atoms with van der Waals surface area (Å²) in [4.78, 5) is 24.8. The third-order valence-electron chi connectivity index (χ3n) is 6.63. The Hall–Kier alpha value is -3.94. The van der Waals surface area contributed by atoms with Crippen molar-refractivity contribution in [2.24, 2.45) is 0 Å². The average molecular weight is 517 g/mol. The van der Waals surface area contributed by atoms with Crippen LogP contribution in [0.3, 0.4) is 0 Å². The minimum Gasteiger partial charge on any atom is -0.339 e. The van der Waals surface area contributed by atoms with Crippen LogP contribution in [0.4, 0.5) is 11.5 Å². The highest BCUT2D eigenvalue weighted by molar-refractivity contribution is 6.36. The highest BCUT2D eigenvalue weighted by Crippen LogP contribution is 2.50. The van der Waals surface area contributed by atoms with Gasteiger partial charge in [-0.3, -0.25) is 14.9 Å². The van der Waals surface area contributed by atoms with E-state index in [1.807, 2.05) is 31.2 Å². The van der Waals surface area contributed by atoms with Gasteiger partial charge in [0.05, 0.1) is 26.9 Å². The molecular formula is C27H18Cl2N4O3. The Bertz CT molecular complexity index is 1640. The number of aromatic nitrogens is 2. The van der Waals surface area contributed by atoms with E-state index in [1.54, 1.807) is 35.0 Å². The lowest BCUT2D eigenvalue weighted by molar-refractivity contribution is -0.384. The van der Waals surface area contributed by atoms with Gasteiger partial charge in [-0.1, -0.05) is 72.6 Å². The summed E-state index contributed by atoms with van der Waals surface area (Å²) in [7, 11) is 0. The number of allylic oxidation sites excluding steroid dienone is 1. The molecule has 1 atom stereocenters. The first kappa shape index (κ1) is 22.5. The van der Waals surface area contributed by atoms with E-state index in [1.165, 1.54) is 12.1 Å². The molecule has 1 N–H and O–H groups in total. The van der Waals surface area contributed by atoms with Gasteiger partial charge in [-0.2, -0.15) is 5.10 Å². The fourth-order valence-electron chi connectivity index (χ4n) is 5.07. The zero-order valence-electron chi connectivity index (χ0n) is 19.0. The number of Topliss-reactive ketones (excluding diaryl/α,β-unsaturated/α-hetero) is 1. The van der Waals surface area contributed by atoms with Gasteiger partial charge in [0.2, 0.25) is 0 Å². The number of non-ortho nitro benzene ring substituents is 1. The molecule has 7 nitrogen and oxygen atoms in total. The molecule has 0 spiro atoms.